The van der Waals surface area contributed by atoms with E-state index in [0.717, 1.165) is 6.54 Å². The second-order valence-corrected chi connectivity index (χ2v) is 5.71. The number of carbonyl (C=O) groups is 1. The molecule has 4 unspecified atom stereocenters. The molecule has 2 fully saturated rings. The van der Waals surface area contributed by atoms with Crippen molar-refractivity contribution in [1.29, 1.82) is 0 Å². The van der Waals surface area contributed by atoms with Crippen molar-refractivity contribution < 1.29 is 14.6 Å². The summed E-state index contributed by atoms with van der Waals surface area (Å²) in [6.45, 7) is 6.31. The summed E-state index contributed by atoms with van der Waals surface area (Å²) in [5.74, 6) is -0.382. The van der Waals surface area contributed by atoms with Gasteiger partial charge in [-0.3, -0.25) is 9.69 Å². The number of carboxylic acid groups (broad SMARTS) is 1. The number of carboxylic acids is 1. The Kier molecular flexibility index (Phi) is 4.62. The van der Waals surface area contributed by atoms with Gasteiger partial charge in [-0.15, -0.1) is 0 Å². The maximum Gasteiger partial charge on any atom is 0.310 e. The zero-order valence-corrected chi connectivity index (χ0v) is 11.5. The first-order valence-electron chi connectivity index (χ1n) is 7.21. The number of ether oxygens (including phenoxy) is 1. The van der Waals surface area contributed by atoms with Gasteiger partial charge >= 0.3 is 5.97 Å². The van der Waals surface area contributed by atoms with Gasteiger partial charge in [0, 0.05) is 12.1 Å². The smallest absolute Gasteiger partial charge is 0.310 e. The lowest BCUT2D eigenvalue weighted by atomic mass is 9.83. The summed E-state index contributed by atoms with van der Waals surface area (Å²) in [6.07, 6.45) is 5.07. The summed E-state index contributed by atoms with van der Waals surface area (Å²) in [7, 11) is 0. The second kappa shape index (κ2) is 6.02. The minimum atomic E-state index is -0.709. The molecule has 4 heteroatoms. The molecular weight excluding hydrogens is 230 g/mol. The van der Waals surface area contributed by atoms with Gasteiger partial charge in [-0.2, -0.15) is 0 Å². The van der Waals surface area contributed by atoms with E-state index in [4.69, 9.17) is 4.74 Å². The SMILES string of the molecule is CCN(C1CCCCC1C)C1COCC1C(=O)O. The fourth-order valence-corrected chi connectivity index (χ4v) is 3.61. The van der Waals surface area contributed by atoms with Crippen LogP contribution in [0.5, 0.6) is 0 Å². The van der Waals surface area contributed by atoms with Gasteiger partial charge in [-0.25, -0.2) is 0 Å². The molecule has 0 aromatic carbocycles. The molecule has 0 aromatic rings. The molecule has 0 radical (unpaired) electrons. The molecule has 1 aliphatic carbocycles. The zero-order valence-electron chi connectivity index (χ0n) is 11.5. The molecule has 4 atom stereocenters. The third-order valence-electron chi connectivity index (χ3n) is 4.65. The second-order valence-electron chi connectivity index (χ2n) is 5.71. The first kappa shape index (κ1) is 13.8. The van der Waals surface area contributed by atoms with Crippen LogP contribution in [0.15, 0.2) is 0 Å². The highest BCUT2D eigenvalue weighted by Crippen LogP contribution is 2.32. The number of likely N-dealkylation sites (N-methyl/N-ethyl adjacent to an activating group) is 1. The van der Waals surface area contributed by atoms with Crippen molar-refractivity contribution in [3.8, 4) is 0 Å². The largest absolute Gasteiger partial charge is 0.481 e. The van der Waals surface area contributed by atoms with Crippen LogP contribution >= 0.6 is 0 Å². The van der Waals surface area contributed by atoms with Crippen molar-refractivity contribution in [2.45, 2.75) is 51.6 Å². The molecule has 1 heterocycles. The van der Waals surface area contributed by atoms with Crippen LogP contribution in [0.1, 0.15) is 39.5 Å². The average Bonchev–Trinajstić information content (AvgIpc) is 2.82. The highest BCUT2D eigenvalue weighted by Gasteiger charge is 2.41. The van der Waals surface area contributed by atoms with E-state index >= 15 is 0 Å². The van der Waals surface area contributed by atoms with Crippen LogP contribution in [0.2, 0.25) is 0 Å². The van der Waals surface area contributed by atoms with Crippen LogP contribution in [0, 0.1) is 11.8 Å². The van der Waals surface area contributed by atoms with E-state index in [0.29, 0.717) is 25.2 Å². The van der Waals surface area contributed by atoms with Crippen molar-refractivity contribution in [2.75, 3.05) is 19.8 Å². The Hall–Kier alpha value is -0.610. The molecule has 1 saturated carbocycles. The van der Waals surface area contributed by atoms with Gasteiger partial charge in [0.2, 0.25) is 0 Å². The molecule has 0 aromatic heterocycles. The normalized spacial score (nSPS) is 37.1. The highest BCUT2D eigenvalue weighted by molar-refractivity contribution is 5.71. The Balaban J connectivity index is 2.09. The third kappa shape index (κ3) is 2.69. The molecule has 0 spiro atoms. The molecule has 4 nitrogen and oxygen atoms in total. The van der Waals surface area contributed by atoms with E-state index in [2.05, 4.69) is 18.7 Å². The summed E-state index contributed by atoms with van der Waals surface area (Å²) in [4.78, 5) is 13.7. The average molecular weight is 255 g/mol. The molecule has 0 amide bonds. The van der Waals surface area contributed by atoms with Crippen molar-refractivity contribution in [2.24, 2.45) is 11.8 Å². The van der Waals surface area contributed by atoms with Gasteiger partial charge in [-0.05, 0) is 25.3 Å². The van der Waals surface area contributed by atoms with Crippen LogP contribution in [0.4, 0.5) is 0 Å². The Morgan fingerprint density at radius 1 is 1.28 bits per heavy atom. The van der Waals surface area contributed by atoms with Crippen LogP contribution in [0.3, 0.4) is 0 Å². The van der Waals surface area contributed by atoms with Crippen molar-refractivity contribution >= 4 is 5.97 Å². The van der Waals surface area contributed by atoms with E-state index in [-0.39, 0.29) is 12.0 Å². The van der Waals surface area contributed by atoms with Gasteiger partial charge in [0.1, 0.15) is 0 Å². The first-order valence-corrected chi connectivity index (χ1v) is 7.21. The topological polar surface area (TPSA) is 49.8 Å². The quantitative estimate of drug-likeness (QED) is 0.834. The maximum absolute atomic E-state index is 11.3. The minimum Gasteiger partial charge on any atom is -0.481 e. The standard InChI is InChI=1S/C14H25NO3/c1-3-15(12-7-5-4-6-10(12)2)13-9-18-8-11(13)14(16)17/h10-13H,3-9H2,1-2H3,(H,16,17). The van der Waals surface area contributed by atoms with Crippen molar-refractivity contribution in [3.63, 3.8) is 0 Å². The highest BCUT2D eigenvalue weighted by atomic mass is 16.5. The Morgan fingerprint density at radius 2 is 2.00 bits per heavy atom. The first-order chi connectivity index (χ1) is 8.65. The zero-order chi connectivity index (χ0) is 13.1. The third-order valence-corrected chi connectivity index (χ3v) is 4.65. The van der Waals surface area contributed by atoms with Gasteiger partial charge in [0.05, 0.1) is 19.1 Å². The van der Waals surface area contributed by atoms with Gasteiger partial charge in [0.25, 0.3) is 0 Å². The van der Waals surface area contributed by atoms with Gasteiger partial charge in [-0.1, -0.05) is 26.7 Å². The summed E-state index contributed by atoms with van der Waals surface area (Å²) in [5, 5.41) is 9.29. The van der Waals surface area contributed by atoms with E-state index in [1.165, 1.54) is 25.7 Å². The van der Waals surface area contributed by atoms with Crippen molar-refractivity contribution in [1.82, 2.24) is 4.90 Å². The molecule has 2 aliphatic rings. The Bertz CT molecular complexity index is 295. The van der Waals surface area contributed by atoms with Gasteiger partial charge < -0.3 is 9.84 Å². The fourth-order valence-electron chi connectivity index (χ4n) is 3.61. The number of rotatable bonds is 4. The molecule has 1 saturated heterocycles. The molecule has 1 aliphatic heterocycles. The summed E-state index contributed by atoms with van der Waals surface area (Å²) in [5.41, 5.74) is 0. The summed E-state index contributed by atoms with van der Waals surface area (Å²) < 4.78 is 5.42. The molecule has 1 N–H and O–H groups in total. The number of hydrogen-bond acceptors (Lipinski definition) is 3. The van der Waals surface area contributed by atoms with Crippen LogP contribution in [0.25, 0.3) is 0 Å². The predicted octanol–water partition coefficient (Wildman–Crippen LogP) is 1.99. The van der Waals surface area contributed by atoms with Gasteiger partial charge in [0.15, 0.2) is 0 Å². The monoisotopic (exact) mass is 255 g/mol. The lowest BCUT2D eigenvalue weighted by Gasteiger charge is -2.42. The number of nitrogens with zero attached hydrogens (tertiary/aromatic N) is 1. The molecular formula is C14H25NO3. The predicted molar refractivity (Wildman–Crippen MR) is 69.5 cm³/mol. The molecule has 2 rings (SSSR count). The Labute approximate surface area is 109 Å². The lowest BCUT2D eigenvalue weighted by Crippen LogP contribution is -2.51. The van der Waals surface area contributed by atoms with Crippen LogP contribution in [-0.2, 0) is 9.53 Å². The Morgan fingerprint density at radius 3 is 2.61 bits per heavy atom. The number of hydrogen-bond donors (Lipinski definition) is 1. The molecule has 0 bridgehead atoms. The summed E-state index contributed by atoms with van der Waals surface area (Å²) in [6, 6.07) is 0.607. The maximum atomic E-state index is 11.3. The van der Waals surface area contributed by atoms with Crippen LogP contribution in [-0.4, -0.2) is 47.8 Å². The van der Waals surface area contributed by atoms with Crippen LogP contribution < -0.4 is 0 Å². The number of aliphatic carboxylic acids is 1. The minimum absolute atomic E-state index is 0.0676. The van der Waals surface area contributed by atoms with E-state index < -0.39 is 5.97 Å². The molecule has 104 valence electrons. The van der Waals surface area contributed by atoms with E-state index in [9.17, 15) is 9.90 Å². The fraction of sp³-hybridized carbons (Fsp3) is 0.929. The molecule has 18 heavy (non-hydrogen) atoms. The summed E-state index contributed by atoms with van der Waals surface area (Å²) >= 11 is 0. The van der Waals surface area contributed by atoms with E-state index in [1.807, 2.05) is 0 Å². The van der Waals surface area contributed by atoms with E-state index in [1.54, 1.807) is 0 Å². The lowest BCUT2D eigenvalue weighted by molar-refractivity contribution is -0.143. The van der Waals surface area contributed by atoms with Crippen molar-refractivity contribution in [3.05, 3.63) is 0 Å².